The summed E-state index contributed by atoms with van der Waals surface area (Å²) in [6, 6.07) is 10.1. The first-order valence-corrected chi connectivity index (χ1v) is 8.38. The van der Waals surface area contributed by atoms with Gasteiger partial charge in [-0.25, -0.2) is 4.79 Å². The Hall–Kier alpha value is -3.28. The lowest BCUT2D eigenvalue weighted by atomic mass is 10.1. The van der Waals surface area contributed by atoms with Gasteiger partial charge in [0.1, 0.15) is 6.61 Å². The highest BCUT2D eigenvalue weighted by atomic mass is 16.5. The van der Waals surface area contributed by atoms with E-state index >= 15 is 0 Å². The largest absolute Gasteiger partial charge is 0.493 e. The van der Waals surface area contributed by atoms with Gasteiger partial charge in [0.2, 0.25) is 0 Å². The van der Waals surface area contributed by atoms with E-state index in [0.29, 0.717) is 29.0 Å². The van der Waals surface area contributed by atoms with Crippen molar-refractivity contribution in [3.8, 4) is 11.5 Å². The average Bonchev–Trinajstić information content (AvgIpc) is 2.71. The molecule has 2 aromatic rings. The maximum absolute atomic E-state index is 12.5. The summed E-state index contributed by atoms with van der Waals surface area (Å²) in [4.78, 5) is 24.0. The second-order valence-corrected chi connectivity index (χ2v) is 5.72. The molecular formula is C21H23NO5. The van der Waals surface area contributed by atoms with Crippen molar-refractivity contribution in [1.82, 2.24) is 5.32 Å². The van der Waals surface area contributed by atoms with Crippen molar-refractivity contribution < 1.29 is 23.8 Å². The predicted molar refractivity (Wildman–Crippen MR) is 102 cm³/mol. The molecule has 142 valence electrons. The lowest BCUT2D eigenvalue weighted by Gasteiger charge is -2.14. The number of esters is 1. The predicted octanol–water partition coefficient (Wildman–Crippen LogP) is 3.15. The van der Waals surface area contributed by atoms with Crippen molar-refractivity contribution in [2.45, 2.75) is 13.0 Å². The molecule has 0 bridgehead atoms. The van der Waals surface area contributed by atoms with Gasteiger partial charge in [-0.2, -0.15) is 0 Å². The number of carbonyl (C=O) groups is 2. The number of nitrogens with one attached hydrogen (secondary N) is 1. The zero-order valence-corrected chi connectivity index (χ0v) is 15.7. The van der Waals surface area contributed by atoms with Gasteiger partial charge in [0.05, 0.1) is 19.8 Å². The number of amides is 1. The van der Waals surface area contributed by atoms with Crippen LogP contribution >= 0.6 is 0 Å². The van der Waals surface area contributed by atoms with E-state index in [4.69, 9.17) is 14.2 Å². The van der Waals surface area contributed by atoms with Crippen LogP contribution < -0.4 is 14.8 Å². The van der Waals surface area contributed by atoms with Gasteiger partial charge in [-0.05, 0) is 36.2 Å². The summed E-state index contributed by atoms with van der Waals surface area (Å²) in [5, 5.41) is 2.55. The number of rotatable bonds is 8. The second-order valence-electron chi connectivity index (χ2n) is 5.72. The molecule has 0 radical (unpaired) electrons. The number of ether oxygens (including phenoxy) is 3. The highest BCUT2D eigenvalue weighted by molar-refractivity contribution is 5.94. The third-order valence-electron chi connectivity index (χ3n) is 3.97. The van der Waals surface area contributed by atoms with Gasteiger partial charge in [0, 0.05) is 18.2 Å². The summed E-state index contributed by atoms with van der Waals surface area (Å²) in [6.45, 7) is 3.82. The molecule has 6 heteroatoms. The Kier molecular flexibility index (Phi) is 7.00. The maximum atomic E-state index is 12.5. The number of benzene rings is 2. The number of hydrogen-bond acceptors (Lipinski definition) is 5. The highest BCUT2D eigenvalue weighted by Crippen LogP contribution is 2.33. The van der Waals surface area contributed by atoms with Gasteiger partial charge >= 0.3 is 5.97 Å². The van der Waals surface area contributed by atoms with E-state index in [2.05, 4.69) is 11.9 Å². The Bertz CT molecular complexity index is 827. The first-order chi connectivity index (χ1) is 13.0. The number of hydrogen-bond donors (Lipinski definition) is 1. The standard InChI is InChI=1S/C21H23NO5/c1-5-6-16-11-17(12-18(25-3)19(16)26-4)21(24)27-13-14-7-9-15(10-8-14)20(23)22-2/h5,7-12H,1,6,13H2,2-4H3,(H,22,23). The van der Waals surface area contributed by atoms with Gasteiger partial charge in [0.15, 0.2) is 11.5 Å². The van der Waals surface area contributed by atoms with Crippen LogP contribution in [0.1, 0.15) is 31.8 Å². The number of allylic oxidation sites excluding steroid dienone is 1. The molecule has 0 aliphatic carbocycles. The Morgan fingerprint density at radius 2 is 1.78 bits per heavy atom. The van der Waals surface area contributed by atoms with Gasteiger partial charge in [-0.3, -0.25) is 4.79 Å². The molecule has 0 aromatic heterocycles. The molecule has 0 saturated carbocycles. The second kappa shape index (κ2) is 9.43. The van der Waals surface area contributed by atoms with Crippen molar-refractivity contribution in [3.63, 3.8) is 0 Å². The SMILES string of the molecule is C=CCc1cc(C(=O)OCc2ccc(C(=O)NC)cc2)cc(OC)c1OC. The molecule has 1 amide bonds. The van der Waals surface area contributed by atoms with E-state index in [9.17, 15) is 9.59 Å². The fourth-order valence-electron chi connectivity index (χ4n) is 2.60. The molecule has 1 N–H and O–H groups in total. The molecule has 0 atom stereocenters. The summed E-state index contributed by atoms with van der Waals surface area (Å²) >= 11 is 0. The Balaban J connectivity index is 2.14. The highest BCUT2D eigenvalue weighted by Gasteiger charge is 2.16. The van der Waals surface area contributed by atoms with Crippen LogP contribution in [0.3, 0.4) is 0 Å². The summed E-state index contributed by atoms with van der Waals surface area (Å²) in [7, 11) is 4.63. The first-order valence-electron chi connectivity index (χ1n) is 8.38. The normalized spacial score (nSPS) is 10.0. The van der Waals surface area contributed by atoms with Crippen LogP contribution in [0.15, 0.2) is 49.1 Å². The van der Waals surface area contributed by atoms with Crippen LogP contribution in [-0.4, -0.2) is 33.1 Å². The zero-order valence-electron chi connectivity index (χ0n) is 15.7. The molecular weight excluding hydrogens is 346 g/mol. The average molecular weight is 369 g/mol. The van der Waals surface area contributed by atoms with Crippen molar-refractivity contribution in [3.05, 3.63) is 71.3 Å². The molecule has 6 nitrogen and oxygen atoms in total. The van der Waals surface area contributed by atoms with E-state index in [0.717, 1.165) is 11.1 Å². The van der Waals surface area contributed by atoms with Crippen LogP contribution in [0, 0.1) is 0 Å². The minimum atomic E-state index is -0.475. The molecule has 27 heavy (non-hydrogen) atoms. The maximum Gasteiger partial charge on any atom is 0.338 e. The van der Waals surface area contributed by atoms with Gasteiger partial charge in [0.25, 0.3) is 5.91 Å². The van der Waals surface area contributed by atoms with Crippen LogP contribution in [0.25, 0.3) is 0 Å². The molecule has 0 spiro atoms. The summed E-state index contributed by atoms with van der Waals surface area (Å²) in [6.07, 6.45) is 2.25. The smallest absolute Gasteiger partial charge is 0.338 e. The summed E-state index contributed by atoms with van der Waals surface area (Å²) < 4.78 is 16.1. The minimum absolute atomic E-state index is 0.0952. The monoisotopic (exact) mass is 369 g/mol. The van der Waals surface area contributed by atoms with E-state index in [1.165, 1.54) is 7.11 Å². The van der Waals surface area contributed by atoms with Crippen LogP contribution in [0.4, 0.5) is 0 Å². The van der Waals surface area contributed by atoms with Crippen LogP contribution in [0.5, 0.6) is 11.5 Å². The Labute approximate surface area is 158 Å². The lowest BCUT2D eigenvalue weighted by Crippen LogP contribution is -2.17. The van der Waals surface area contributed by atoms with E-state index in [-0.39, 0.29) is 12.5 Å². The van der Waals surface area contributed by atoms with Crippen LogP contribution in [-0.2, 0) is 17.8 Å². The van der Waals surface area contributed by atoms with E-state index < -0.39 is 5.97 Å². The fraction of sp³-hybridized carbons (Fsp3) is 0.238. The molecule has 0 fully saturated rings. The van der Waals surface area contributed by atoms with Crippen molar-refractivity contribution in [1.29, 1.82) is 0 Å². The lowest BCUT2D eigenvalue weighted by molar-refractivity contribution is 0.0472. The molecule has 2 aromatic carbocycles. The third-order valence-corrected chi connectivity index (χ3v) is 3.97. The molecule has 0 saturated heterocycles. The molecule has 0 aliphatic heterocycles. The minimum Gasteiger partial charge on any atom is -0.493 e. The molecule has 0 unspecified atom stereocenters. The number of methoxy groups -OCH3 is 2. The number of carbonyl (C=O) groups excluding carboxylic acids is 2. The molecule has 0 aliphatic rings. The zero-order chi connectivity index (χ0) is 19.8. The van der Waals surface area contributed by atoms with E-state index in [1.807, 2.05) is 0 Å². The molecule has 2 rings (SSSR count). The quantitative estimate of drug-likeness (QED) is 0.572. The van der Waals surface area contributed by atoms with Crippen molar-refractivity contribution in [2.75, 3.05) is 21.3 Å². The topological polar surface area (TPSA) is 73.9 Å². The van der Waals surface area contributed by atoms with Gasteiger partial charge in [-0.15, -0.1) is 6.58 Å². The van der Waals surface area contributed by atoms with E-state index in [1.54, 1.807) is 56.6 Å². The summed E-state index contributed by atoms with van der Waals surface area (Å²) in [5.41, 5.74) is 2.48. The van der Waals surface area contributed by atoms with Gasteiger partial charge in [-0.1, -0.05) is 18.2 Å². The Morgan fingerprint density at radius 3 is 2.33 bits per heavy atom. The van der Waals surface area contributed by atoms with Gasteiger partial charge < -0.3 is 19.5 Å². The van der Waals surface area contributed by atoms with Crippen molar-refractivity contribution in [2.24, 2.45) is 0 Å². The Morgan fingerprint density at radius 1 is 1.07 bits per heavy atom. The first kappa shape index (κ1) is 20.0. The molecule has 0 heterocycles. The summed E-state index contributed by atoms with van der Waals surface area (Å²) in [5.74, 6) is 0.382. The third kappa shape index (κ3) is 4.88. The van der Waals surface area contributed by atoms with Crippen LogP contribution in [0.2, 0.25) is 0 Å². The fourth-order valence-corrected chi connectivity index (χ4v) is 2.60. The van der Waals surface area contributed by atoms with Crippen molar-refractivity contribution >= 4 is 11.9 Å².